The van der Waals surface area contributed by atoms with Crippen molar-refractivity contribution in [2.45, 2.75) is 64.2 Å². The lowest BCUT2D eigenvalue weighted by Gasteiger charge is -2.17. The Morgan fingerprint density at radius 2 is 1.85 bits per heavy atom. The second-order valence-corrected chi connectivity index (χ2v) is 9.56. The Hall–Kier alpha value is -3.80. The molecular formula is C28H35FN4O6. The highest BCUT2D eigenvalue weighted by Gasteiger charge is 2.26. The third-order valence-corrected chi connectivity index (χ3v) is 6.26. The summed E-state index contributed by atoms with van der Waals surface area (Å²) in [5.74, 6) is 3.82. The number of carbonyl (C=O) groups is 2. The molecule has 0 fully saturated rings. The molecule has 5 N–H and O–H groups in total. The Bertz CT molecular complexity index is 1260. The molecule has 11 heteroatoms. The predicted molar refractivity (Wildman–Crippen MR) is 142 cm³/mol. The number of halogens is 1. The van der Waals surface area contributed by atoms with Gasteiger partial charge < -0.3 is 25.1 Å². The van der Waals surface area contributed by atoms with Crippen LogP contribution < -0.4 is 16.0 Å². The molecule has 2 unspecified atom stereocenters. The second-order valence-electron chi connectivity index (χ2n) is 9.56. The Labute approximate surface area is 226 Å². The van der Waals surface area contributed by atoms with Gasteiger partial charge in [-0.3, -0.25) is 9.59 Å². The monoisotopic (exact) mass is 542 g/mol. The second kappa shape index (κ2) is 13.8. The lowest BCUT2D eigenvalue weighted by molar-refractivity contribution is -0.146. The molecule has 0 spiro atoms. The van der Waals surface area contributed by atoms with E-state index in [1.54, 1.807) is 23.9 Å². The largest absolute Gasteiger partial charge is 0.497 e. The van der Waals surface area contributed by atoms with E-state index in [4.69, 9.17) is 10.6 Å². The van der Waals surface area contributed by atoms with Gasteiger partial charge >= 0.3 is 5.97 Å². The number of nitrogens with two attached hydrogens (primary N) is 1. The summed E-state index contributed by atoms with van der Waals surface area (Å²) in [6.07, 6.45) is -1.96. The van der Waals surface area contributed by atoms with Crippen molar-refractivity contribution in [2.24, 2.45) is 5.90 Å². The van der Waals surface area contributed by atoms with Gasteiger partial charge in [0.2, 0.25) is 0 Å². The first-order chi connectivity index (χ1) is 18.6. The molecule has 1 aromatic heterocycles. The number of ether oxygens (including phenoxy) is 1. The summed E-state index contributed by atoms with van der Waals surface area (Å²) in [5.41, 5.74) is 3.01. The first-order valence-electron chi connectivity index (χ1n) is 12.7. The number of aromatic nitrogens is 2. The summed E-state index contributed by atoms with van der Waals surface area (Å²) < 4.78 is 20.5. The SMILES string of the molecule is COc1cccc(CNC(=O)c2nn(-c3ccc(F)cc3)c(CCC(O)CC(O)CC(=O)ON)c2C(C)C)c1. The Morgan fingerprint density at radius 1 is 1.13 bits per heavy atom. The highest BCUT2D eigenvalue weighted by Crippen LogP contribution is 2.28. The van der Waals surface area contributed by atoms with Gasteiger partial charge in [0.05, 0.1) is 31.4 Å². The van der Waals surface area contributed by atoms with Crippen LogP contribution in [0.5, 0.6) is 5.75 Å². The predicted octanol–water partition coefficient (Wildman–Crippen LogP) is 2.92. The maximum absolute atomic E-state index is 13.7. The molecule has 3 aromatic rings. The van der Waals surface area contributed by atoms with Crippen LogP contribution in [0.4, 0.5) is 4.39 Å². The van der Waals surface area contributed by atoms with Crippen LogP contribution in [0.15, 0.2) is 48.5 Å². The fraction of sp³-hybridized carbons (Fsp3) is 0.393. The zero-order valence-electron chi connectivity index (χ0n) is 22.3. The van der Waals surface area contributed by atoms with Crippen molar-refractivity contribution in [3.8, 4) is 11.4 Å². The fourth-order valence-corrected chi connectivity index (χ4v) is 4.38. The van der Waals surface area contributed by atoms with Crippen molar-refractivity contribution >= 4 is 11.9 Å². The minimum absolute atomic E-state index is 0.0648. The molecule has 0 radical (unpaired) electrons. The van der Waals surface area contributed by atoms with E-state index in [9.17, 15) is 24.2 Å². The molecule has 2 atom stereocenters. The molecule has 0 aliphatic rings. The summed E-state index contributed by atoms with van der Waals surface area (Å²) in [5, 5.41) is 28.1. The minimum Gasteiger partial charge on any atom is -0.497 e. The molecule has 0 bridgehead atoms. The lowest BCUT2D eigenvalue weighted by Crippen LogP contribution is -2.25. The van der Waals surface area contributed by atoms with Gasteiger partial charge in [0.25, 0.3) is 5.91 Å². The molecule has 39 heavy (non-hydrogen) atoms. The zero-order chi connectivity index (χ0) is 28.5. The van der Waals surface area contributed by atoms with Crippen molar-refractivity contribution < 1.29 is 33.8 Å². The average molecular weight is 543 g/mol. The van der Waals surface area contributed by atoms with Crippen LogP contribution in [-0.4, -0.2) is 51.2 Å². The van der Waals surface area contributed by atoms with E-state index in [0.29, 0.717) is 29.1 Å². The fourth-order valence-electron chi connectivity index (χ4n) is 4.38. The number of aliphatic hydroxyl groups excluding tert-OH is 2. The molecule has 0 saturated carbocycles. The molecule has 0 aliphatic heterocycles. The molecule has 1 amide bonds. The first-order valence-corrected chi connectivity index (χ1v) is 12.7. The number of benzene rings is 2. The molecule has 0 aliphatic carbocycles. The topological polar surface area (TPSA) is 149 Å². The molecular weight excluding hydrogens is 507 g/mol. The maximum atomic E-state index is 13.7. The van der Waals surface area contributed by atoms with Gasteiger partial charge in [0.1, 0.15) is 11.6 Å². The van der Waals surface area contributed by atoms with Gasteiger partial charge in [0.15, 0.2) is 5.69 Å². The van der Waals surface area contributed by atoms with Crippen molar-refractivity contribution in [3.63, 3.8) is 0 Å². The summed E-state index contributed by atoms with van der Waals surface area (Å²) in [4.78, 5) is 28.7. The summed E-state index contributed by atoms with van der Waals surface area (Å²) in [7, 11) is 1.57. The summed E-state index contributed by atoms with van der Waals surface area (Å²) in [6.45, 7) is 4.13. The van der Waals surface area contributed by atoms with E-state index < -0.39 is 24.0 Å². The van der Waals surface area contributed by atoms with E-state index >= 15 is 0 Å². The molecule has 1 heterocycles. The number of nitrogens with zero attached hydrogens (tertiary/aromatic N) is 2. The highest BCUT2D eigenvalue weighted by molar-refractivity contribution is 5.94. The van der Waals surface area contributed by atoms with E-state index in [-0.39, 0.29) is 43.3 Å². The van der Waals surface area contributed by atoms with Crippen LogP contribution >= 0.6 is 0 Å². The van der Waals surface area contributed by atoms with Crippen LogP contribution in [0.1, 0.15) is 66.3 Å². The lowest BCUT2D eigenvalue weighted by atomic mass is 9.95. The molecule has 3 rings (SSSR count). The number of rotatable bonds is 13. The molecule has 210 valence electrons. The standard InChI is InChI=1S/C28H35FN4O6/c1-17(2)26-24(12-11-21(34)14-22(35)15-25(36)39-30)33(20-9-7-19(29)8-10-20)32-27(26)28(37)31-16-18-5-4-6-23(13-18)38-3/h4-10,13,17,21-22,34-35H,11-12,14-16,30H2,1-3H3,(H,31,37). The van der Waals surface area contributed by atoms with Crippen molar-refractivity contribution in [1.82, 2.24) is 15.1 Å². The van der Waals surface area contributed by atoms with Crippen LogP contribution in [0, 0.1) is 5.82 Å². The maximum Gasteiger partial charge on any atom is 0.327 e. The summed E-state index contributed by atoms with van der Waals surface area (Å²) >= 11 is 0. The zero-order valence-corrected chi connectivity index (χ0v) is 22.3. The smallest absolute Gasteiger partial charge is 0.327 e. The van der Waals surface area contributed by atoms with Crippen LogP contribution in [0.2, 0.25) is 0 Å². The highest BCUT2D eigenvalue weighted by atomic mass is 19.1. The number of nitrogens with one attached hydrogen (secondary N) is 1. The van der Waals surface area contributed by atoms with Gasteiger partial charge in [-0.2, -0.15) is 11.0 Å². The van der Waals surface area contributed by atoms with E-state index in [2.05, 4.69) is 15.3 Å². The normalized spacial score (nSPS) is 12.7. The molecule has 10 nitrogen and oxygen atoms in total. The van der Waals surface area contributed by atoms with Gasteiger partial charge in [-0.1, -0.05) is 26.0 Å². The van der Waals surface area contributed by atoms with E-state index in [1.807, 2.05) is 38.1 Å². The average Bonchev–Trinajstić information content (AvgIpc) is 3.30. The van der Waals surface area contributed by atoms with Crippen molar-refractivity contribution in [2.75, 3.05) is 7.11 Å². The van der Waals surface area contributed by atoms with Crippen LogP contribution in [0.25, 0.3) is 5.69 Å². The quantitative estimate of drug-likeness (QED) is 0.241. The number of amides is 1. The van der Waals surface area contributed by atoms with E-state index in [0.717, 1.165) is 5.56 Å². The van der Waals surface area contributed by atoms with Gasteiger partial charge in [-0.25, -0.2) is 9.07 Å². The number of hydrogen-bond donors (Lipinski definition) is 4. The minimum atomic E-state index is -1.12. The number of carbonyl (C=O) groups excluding carboxylic acids is 2. The van der Waals surface area contributed by atoms with Gasteiger partial charge in [-0.05, 0) is 67.1 Å². The number of methoxy groups -OCH3 is 1. The Kier molecular flexibility index (Phi) is 10.6. The molecule has 2 aromatic carbocycles. The number of hydrogen-bond acceptors (Lipinski definition) is 8. The third kappa shape index (κ3) is 8.09. The van der Waals surface area contributed by atoms with Crippen molar-refractivity contribution in [3.05, 3.63) is 76.9 Å². The Morgan fingerprint density at radius 3 is 2.49 bits per heavy atom. The Balaban J connectivity index is 1.88. The molecule has 0 saturated heterocycles. The van der Waals surface area contributed by atoms with Gasteiger partial charge in [0, 0.05) is 17.8 Å². The first kappa shape index (κ1) is 29.8. The van der Waals surface area contributed by atoms with Crippen LogP contribution in [0.3, 0.4) is 0 Å². The van der Waals surface area contributed by atoms with Gasteiger partial charge in [-0.15, -0.1) is 0 Å². The third-order valence-electron chi connectivity index (χ3n) is 6.26. The van der Waals surface area contributed by atoms with Crippen molar-refractivity contribution in [1.29, 1.82) is 0 Å². The van der Waals surface area contributed by atoms with Crippen LogP contribution in [-0.2, 0) is 22.6 Å². The number of aliphatic hydroxyl groups is 2. The summed E-state index contributed by atoms with van der Waals surface area (Å²) in [6, 6.07) is 13.1. The van der Waals surface area contributed by atoms with E-state index in [1.165, 1.54) is 12.1 Å².